The first-order chi connectivity index (χ1) is 14.3. The Kier molecular flexibility index (Phi) is 10.1. The molecule has 0 unspecified atom stereocenters. The van der Waals surface area contributed by atoms with E-state index in [9.17, 15) is 24.4 Å². The second-order valence-electron chi connectivity index (χ2n) is 6.93. The van der Waals surface area contributed by atoms with Gasteiger partial charge in [0.2, 0.25) is 0 Å². The summed E-state index contributed by atoms with van der Waals surface area (Å²) in [5.74, 6) is -2.02. The number of pyridine rings is 1. The Morgan fingerprint density at radius 1 is 1.29 bits per heavy atom. The fraction of sp³-hybridized carbons (Fsp3) is 0.588. The van der Waals surface area contributed by atoms with E-state index in [1.54, 1.807) is 0 Å². The highest BCUT2D eigenvalue weighted by Gasteiger charge is 2.49. The standard InChI is InChI=1S/C11H14NO9P.C6H13NO2/c13-8-7(5-20-22(17,18)19)21-10(9(8)14)12-3-1-2-6(4-12)11(15)16;1-3-4(2)5(7)6(8)9/h1-4,7-10,13-14H,5H2,(H2-,15,16,17,18,19);4-5H,3,7H2,1-2H3,(H,8,9)/p+1/t7-,8-,9-,10-;4-,5-/m10/s1. The summed E-state index contributed by atoms with van der Waals surface area (Å²) in [4.78, 5) is 38.4. The lowest BCUT2D eigenvalue weighted by Gasteiger charge is -2.13. The summed E-state index contributed by atoms with van der Waals surface area (Å²) in [6.45, 7) is 3.13. The van der Waals surface area contributed by atoms with E-state index in [-0.39, 0.29) is 11.5 Å². The fourth-order valence-electron chi connectivity index (χ4n) is 2.56. The van der Waals surface area contributed by atoms with Gasteiger partial charge in [0.15, 0.2) is 18.5 Å². The predicted octanol–water partition coefficient (Wildman–Crippen LogP) is -1.15. The molecule has 2 rings (SSSR count). The second-order valence-corrected chi connectivity index (χ2v) is 8.17. The predicted molar refractivity (Wildman–Crippen MR) is 103 cm³/mol. The van der Waals surface area contributed by atoms with Gasteiger partial charge in [-0.3, -0.25) is 9.32 Å². The number of hydrogen-bond donors (Lipinski definition) is 7. The molecule has 31 heavy (non-hydrogen) atoms. The minimum atomic E-state index is -4.73. The molecule has 1 fully saturated rings. The summed E-state index contributed by atoms with van der Waals surface area (Å²) in [6, 6.07) is 2.06. The molecular formula is C17H28N2O11P+. The largest absolute Gasteiger partial charge is 0.480 e. The molecule has 1 aliphatic heterocycles. The van der Waals surface area contributed by atoms with Crippen molar-refractivity contribution in [3.63, 3.8) is 0 Å². The first kappa shape index (κ1) is 27.1. The third-order valence-corrected chi connectivity index (χ3v) is 5.13. The Morgan fingerprint density at radius 2 is 1.90 bits per heavy atom. The Hall–Kier alpha value is -1.96. The maximum atomic E-state index is 10.9. The second kappa shape index (κ2) is 11.6. The van der Waals surface area contributed by atoms with Crippen LogP contribution in [0, 0.1) is 5.92 Å². The average Bonchev–Trinajstić information content (AvgIpc) is 2.99. The Labute approximate surface area is 177 Å². The number of phosphoric ester groups is 1. The molecule has 2 heterocycles. The number of carbonyl (C=O) groups is 2. The molecular weight excluding hydrogens is 439 g/mol. The smallest absolute Gasteiger partial charge is 0.469 e. The van der Waals surface area contributed by atoms with Crippen molar-refractivity contribution in [2.75, 3.05) is 6.61 Å². The molecule has 0 radical (unpaired) electrons. The first-order valence-electron chi connectivity index (χ1n) is 9.22. The van der Waals surface area contributed by atoms with Crippen LogP contribution in [0.1, 0.15) is 36.9 Å². The monoisotopic (exact) mass is 467 g/mol. The molecule has 0 bridgehead atoms. The zero-order chi connectivity index (χ0) is 23.9. The van der Waals surface area contributed by atoms with Crippen molar-refractivity contribution < 1.29 is 58.2 Å². The van der Waals surface area contributed by atoms with Gasteiger partial charge in [-0.15, -0.1) is 0 Å². The molecule has 13 nitrogen and oxygen atoms in total. The topological polar surface area (TPSA) is 221 Å². The lowest BCUT2D eigenvalue weighted by molar-refractivity contribution is -0.765. The molecule has 0 spiro atoms. The lowest BCUT2D eigenvalue weighted by Crippen LogP contribution is -2.46. The molecule has 0 aromatic carbocycles. The molecule has 1 aromatic rings. The van der Waals surface area contributed by atoms with Crippen molar-refractivity contribution in [2.45, 2.75) is 50.8 Å². The summed E-state index contributed by atoms with van der Waals surface area (Å²) >= 11 is 0. The first-order valence-corrected chi connectivity index (χ1v) is 10.8. The highest BCUT2D eigenvalue weighted by Crippen LogP contribution is 2.37. The normalized spacial score (nSPS) is 25.3. The van der Waals surface area contributed by atoms with Crippen LogP contribution >= 0.6 is 7.82 Å². The number of hydrogen-bond acceptors (Lipinski definition) is 8. The molecule has 0 amide bonds. The van der Waals surface area contributed by atoms with E-state index in [4.69, 9.17) is 30.5 Å². The number of carboxylic acid groups (broad SMARTS) is 2. The Bertz CT molecular complexity index is 802. The van der Waals surface area contributed by atoms with E-state index in [0.29, 0.717) is 0 Å². The van der Waals surface area contributed by atoms with Gasteiger partial charge in [-0.1, -0.05) is 20.3 Å². The van der Waals surface area contributed by atoms with E-state index in [1.807, 2.05) is 13.8 Å². The van der Waals surface area contributed by atoms with Gasteiger partial charge in [-0.25, -0.2) is 9.36 Å². The average molecular weight is 467 g/mol. The zero-order valence-electron chi connectivity index (χ0n) is 16.9. The number of aromatic carboxylic acids is 1. The van der Waals surface area contributed by atoms with Gasteiger partial charge in [-0.2, -0.15) is 4.57 Å². The minimum absolute atomic E-state index is 0.0530. The number of nitrogens with two attached hydrogens (primary N) is 1. The van der Waals surface area contributed by atoms with Crippen molar-refractivity contribution in [1.29, 1.82) is 0 Å². The minimum Gasteiger partial charge on any atom is -0.480 e. The fourth-order valence-corrected chi connectivity index (χ4v) is 2.90. The number of aliphatic hydroxyl groups excluding tert-OH is 2. The molecule has 0 aliphatic carbocycles. The highest BCUT2D eigenvalue weighted by molar-refractivity contribution is 7.46. The molecule has 1 aliphatic rings. The summed E-state index contributed by atoms with van der Waals surface area (Å²) in [7, 11) is -4.73. The molecule has 14 heteroatoms. The van der Waals surface area contributed by atoms with Crippen molar-refractivity contribution in [1.82, 2.24) is 0 Å². The van der Waals surface area contributed by atoms with Gasteiger partial charge in [0, 0.05) is 6.07 Å². The van der Waals surface area contributed by atoms with Crippen LogP contribution in [0.15, 0.2) is 24.5 Å². The van der Waals surface area contributed by atoms with Crippen LogP contribution in [0.4, 0.5) is 0 Å². The molecule has 0 saturated carbocycles. The van der Waals surface area contributed by atoms with Gasteiger partial charge in [0.1, 0.15) is 23.8 Å². The van der Waals surface area contributed by atoms with Crippen LogP contribution in [0.5, 0.6) is 0 Å². The summed E-state index contributed by atoms with van der Waals surface area (Å²) in [5.41, 5.74) is 5.22. The number of ether oxygens (including phenoxy) is 1. The number of aliphatic hydroxyl groups is 2. The van der Waals surface area contributed by atoms with E-state index >= 15 is 0 Å². The van der Waals surface area contributed by atoms with Crippen LogP contribution < -0.4 is 10.3 Å². The van der Waals surface area contributed by atoms with Gasteiger partial charge in [0.25, 0.3) is 6.23 Å². The van der Waals surface area contributed by atoms with E-state index in [2.05, 4.69) is 4.52 Å². The summed E-state index contributed by atoms with van der Waals surface area (Å²) in [6.07, 6.45) is -1.70. The third kappa shape index (κ3) is 8.24. The summed E-state index contributed by atoms with van der Waals surface area (Å²) in [5, 5.41) is 37.1. The molecule has 1 saturated heterocycles. The molecule has 6 atom stereocenters. The van der Waals surface area contributed by atoms with Crippen LogP contribution in [-0.4, -0.2) is 73.1 Å². The van der Waals surface area contributed by atoms with Crippen LogP contribution in [0.3, 0.4) is 0 Å². The lowest BCUT2D eigenvalue weighted by atomic mass is 10.0. The van der Waals surface area contributed by atoms with Crippen molar-refractivity contribution in [2.24, 2.45) is 11.7 Å². The van der Waals surface area contributed by atoms with Gasteiger partial charge in [0.05, 0.1) is 6.61 Å². The Balaban J connectivity index is 0.000000452. The SMILES string of the molecule is CC[C@H](C)[C@H](N)C(=O)O.O=C(O)c1ccc[n+]([C@@H]2O[C@H](COP(=O)(O)O)[C@@H](O)[C@H]2O)c1. The van der Waals surface area contributed by atoms with E-state index in [1.165, 1.54) is 29.1 Å². The number of phosphoric acid groups is 1. The number of aliphatic carboxylic acids is 1. The van der Waals surface area contributed by atoms with Gasteiger partial charge >= 0.3 is 19.8 Å². The van der Waals surface area contributed by atoms with Gasteiger partial charge in [-0.05, 0) is 12.0 Å². The number of nitrogens with zero attached hydrogens (tertiary/aromatic N) is 1. The number of aromatic nitrogens is 1. The van der Waals surface area contributed by atoms with Gasteiger partial charge < -0.3 is 40.7 Å². The van der Waals surface area contributed by atoms with Crippen LogP contribution in [-0.2, 0) is 18.6 Å². The highest BCUT2D eigenvalue weighted by atomic mass is 31.2. The third-order valence-electron chi connectivity index (χ3n) is 4.65. The molecule has 8 N–H and O–H groups in total. The van der Waals surface area contributed by atoms with Crippen molar-refractivity contribution in [3.05, 3.63) is 30.1 Å². The maximum absolute atomic E-state index is 10.9. The summed E-state index contributed by atoms with van der Waals surface area (Å²) < 4.78 is 21.4. The quantitative estimate of drug-likeness (QED) is 0.178. The number of rotatable bonds is 8. The van der Waals surface area contributed by atoms with Crippen molar-refractivity contribution in [3.8, 4) is 0 Å². The Morgan fingerprint density at radius 3 is 2.35 bits per heavy atom. The van der Waals surface area contributed by atoms with Crippen molar-refractivity contribution >= 4 is 19.8 Å². The zero-order valence-corrected chi connectivity index (χ0v) is 17.8. The number of carboxylic acids is 2. The van der Waals surface area contributed by atoms with Crippen LogP contribution in [0.25, 0.3) is 0 Å². The maximum Gasteiger partial charge on any atom is 0.469 e. The molecule has 1 aromatic heterocycles. The molecule has 176 valence electrons. The van der Waals surface area contributed by atoms with E-state index < -0.39 is 56.9 Å². The van der Waals surface area contributed by atoms with E-state index in [0.717, 1.165) is 6.42 Å². The van der Waals surface area contributed by atoms with Crippen LogP contribution in [0.2, 0.25) is 0 Å².